The highest BCUT2D eigenvalue weighted by atomic mass is 16.5. The zero-order valence-corrected chi connectivity index (χ0v) is 13.7. The normalized spacial score (nSPS) is 11.0. The van der Waals surface area contributed by atoms with Gasteiger partial charge < -0.3 is 19.5 Å². The minimum Gasteiger partial charge on any atom is -0.466 e. The quantitative estimate of drug-likeness (QED) is 0.771. The molecular formula is C18H18N2O4. The number of pyridine rings is 1. The SMILES string of the molecule is COCc1cc(=O)[nH]c2cc(NC(=O)c3cc(C)oc3C)ccc12. The van der Waals surface area contributed by atoms with Crippen LogP contribution in [-0.2, 0) is 11.3 Å². The van der Waals surface area contributed by atoms with Crippen molar-refractivity contribution in [3.05, 3.63) is 63.3 Å². The first kappa shape index (κ1) is 16.0. The number of methoxy groups -OCH3 is 1. The summed E-state index contributed by atoms with van der Waals surface area (Å²) in [5, 5.41) is 3.70. The van der Waals surface area contributed by atoms with Crippen LogP contribution in [0.15, 0.2) is 39.5 Å². The first-order valence-electron chi connectivity index (χ1n) is 7.51. The number of hydrogen-bond acceptors (Lipinski definition) is 4. The van der Waals surface area contributed by atoms with E-state index in [2.05, 4.69) is 10.3 Å². The molecule has 3 aromatic rings. The Morgan fingerprint density at radius 3 is 2.71 bits per heavy atom. The van der Waals surface area contributed by atoms with Crippen molar-refractivity contribution in [2.45, 2.75) is 20.5 Å². The second-order valence-electron chi connectivity index (χ2n) is 5.63. The average molecular weight is 326 g/mol. The van der Waals surface area contributed by atoms with Gasteiger partial charge in [-0.3, -0.25) is 9.59 Å². The molecule has 6 heteroatoms. The van der Waals surface area contributed by atoms with Gasteiger partial charge in [0.05, 0.1) is 17.7 Å². The molecule has 0 spiro atoms. The Labute approximate surface area is 138 Å². The van der Waals surface area contributed by atoms with Crippen LogP contribution in [0.1, 0.15) is 27.4 Å². The molecule has 0 radical (unpaired) electrons. The minimum absolute atomic E-state index is 0.209. The molecule has 0 bridgehead atoms. The van der Waals surface area contributed by atoms with Crippen molar-refractivity contribution in [1.29, 1.82) is 0 Å². The molecule has 3 rings (SSSR count). The highest BCUT2D eigenvalue weighted by Crippen LogP contribution is 2.22. The van der Waals surface area contributed by atoms with E-state index in [0.717, 1.165) is 10.9 Å². The highest BCUT2D eigenvalue weighted by molar-refractivity contribution is 6.05. The molecular weight excluding hydrogens is 308 g/mol. The van der Waals surface area contributed by atoms with Crippen LogP contribution in [0.2, 0.25) is 0 Å². The van der Waals surface area contributed by atoms with Crippen LogP contribution in [0.3, 0.4) is 0 Å². The monoisotopic (exact) mass is 326 g/mol. The lowest BCUT2D eigenvalue weighted by Gasteiger charge is -2.09. The number of fused-ring (bicyclic) bond motifs is 1. The first-order chi connectivity index (χ1) is 11.5. The number of rotatable bonds is 4. The van der Waals surface area contributed by atoms with E-state index in [1.54, 1.807) is 39.2 Å². The summed E-state index contributed by atoms with van der Waals surface area (Å²) in [6.07, 6.45) is 0. The fourth-order valence-electron chi connectivity index (χ4n) is 2.74. The third-order valence-corrected chi connectivity index (χ3v) is 3.77. The van der Waals surface area contributed by atoms with Crippen molar-refractivity contribution in [3.8, 4) is 0 Å². The average Bonchev–Trinajstić information content (AvgIpc) is 2.86. The lowest BCUT2D eigenvalue weighted by Crippen LogP contribution is -2.13. The number of carbonyl (C=O) groups is 1. The maximum absolute atomic E-state index is 12.4. The molecule has 2 heterocycles. The second kappa shape index (κ2) is 6.33. The lowest BCUT2D eigenvalue weighted by molar-refractivity contribution is 0.102. The van der Waals surface area contributed by atoms with Crippen molar-refractivity contribution in [2.24, 2.45) is 0 Å². The molecule has 1 amide bonds. The number of H-pyrrole nitrogens is 1. The number of benzene rings is 1. The largest absolute Gasteiger partial charge is 0.466 e. The molecule has 0 aliphatic carbocycles. The Kier molecular flexibility index (Phi) is 4.22. The van der Waals surface area contributed by atoms with Gasteiger partial charge in [-0.2, -0.15) is 0 Å². The number of anilines is 1. The Morgan fingerprint density at radius 1 is 1.25 bits per heavy atom. The van der Waals surface area contributed by atoms with E-state index >= 15 is 0 Å². The molecule has 0 fully saturated rings. The van der Waals surface area contributed by atoms with E-state index in [-0.39, 0.29) is 11.5 Å². The highest BCUT2D eigenvalue weighted by Gasteiger charge is 2.14. The summed E-state index contributed by atoms with van der Waals surface area (Å²) >= 11 is 0. The van der Waals surface area contributed by atoms with Gasteiger partial charge >= 0.3 is 0 Å². The van der Waals surface area contributed by atoms with Gasteiger partial charge in [0.1, 0.15) is 11.5 Å². The van der Waals surface area contributed by atoms with Crippen LogP contribution in [0.5, 0.6) is 0 Å². The molecule has 24 heavy (non-hydrogen) atoms. The Morgan fingerprint density at radius 2 is 2.04 bits per heavy atom. The molecule has 0 unspecified atom stereocenters. The summed E-state index contributed by atoms with van der Waals surface area (Å²) in [7, 11) is 1.58. The molecule has 0 atom stereocenters. The summed E-state index contributed by atoms with van der Waals surface area (Å²) in [4.78, 5) is 26.9. The van der Waals surface area contributed by atoms with E-state index < -0.39 is 0 Å². The maximum atomic E-state index is 12.4. The Bertz CT molecular complexity index is 969. The van der Waals surface area contributed by atoms with Crippen molar-refractivity contribution in [3.63, 3.8) is 0 Å². The number of furan rings is 1. The molecule has 0 aliphatic rings. The van der Waals surface area contributed by atoms with Gasteiger partial charge in [-0.05, 0) is 37.6 Å². The number of hydrogen-bond donors (Lipinski definition) is 2. The van der Waals surface area contributed by atoms with Gasteiger partial charge in [-0.25, -0.2) is 0 Å². The van der Waals surface area contributed by atoms with Crippen LogP contribution < -0.4 is 10.9 Å². The number of aryl methyl sites for hydroxylation is 2. The Hall–Kier alpha value is -2.86. The van der Waals surface area contributed by atoms with Gasteiger partial charge in [0, 0.05) is 24.2 Å². The predicted molar refractivity (Wildman–Crippen MR) is 91.4 cm³/mol. The van der Waals surface area contributed by atoms with Crippen molar-refractivity contribution < 1.29 is 13.9 Å². The topological polar surface area (TPSA) is 84.3 Å². The van der Waals surface area contributed by atoms with E-state index in [1.807, 2.05) is 6.07 Å². The number of carbonyl (C=O) groups excluding carboxylic acids is 1. The molecule has 124 valence electrons. The van der Waals surface area contributed by atoms with Gasteiger partial charge in [0.25, 0.3) is 5.91 Å². The number of amides is 1. The number of ether oxygens (including phenoxy) is 1. The number of nitrogens with one attached hydrogen (secondary N) is 2. The summed E-state index contributed by atoms with van der Waals surface area (Å²) in [6, 6.07) is 8.59. The molecule has 0 aliphatic heterocycles. The zero-order valence-electron chi connectivity index (χ0n) is 13.7. The van der Waals surface area contributed by atoms with E-state index in [0.29, 0.717) is 34.9 Å². The van der Waals surface area contributed by atoms with E-state index in [9.17, 15) is 9.59 Å². The van der Waals surface area contributed by atoms with Gasteiger partial charge in [0.15, 0.2) is 0 Å². The van der Waals surface area contributed by atoms with Crippen molar-refractivity contribution >= 4 is 22.5 Å². The summed E-state index contributed by atoms with van der Waals surface area (Å²) in [6.45, 7) is 3.89. The van der Waals surface area contributed by atoms with E-state index in [1.165, 1.54) is 6.07 Å². The van der Waals surface area contributed by atoms with Gasteiger partial charge in [-0.1, -0.05) is 6.07 Å². The molecule has 6 nitrogen and oxygen atoms in total. The third-order valence-electron chi connectivity index (χ3n) is 3.77. The predicted octanol–water partition coefficient (Wildman–Crippen LogP) is 3.14. The van der Waals surface area contributed by atoms with Crippen molar-refractivity contribution in [1.82, 2.24) is 4.98 Å². The third kappa shape index (κ3) is 3.09. The summed E-state index contributed by atoms with van der Waals surface area (Å²) < 4.78 is 10.5. The van der Waals surface area contributed by atoms with Crippen LogP contribution in [-0.4, -0.2) is 18.0 Å². The molecule has 1 aromatic carbocycles. The van der Waals surface area contributed by atoms with Gasteiger partial charge in [0.2, 0.25) is 5.56 Å². The smallest absolute Gasteiger partial charge is 0.259 e. The fourth-order valence-corrected chi connectivity index (χ4v) is 2.74. The minimum atomic E-state index is -0.251. The van der Waals surface area contributed by atoms with Crippen LogP contribution in [0, 0.1) is 13.8 Å². The molecule has 0 saturated carbocycles. The van der Waals surface area contributed by atoms with E-state index in [4.69, 9.17) is 9.15 Å². The van der Waals surface area contributed by atoms with Crippen LogP contribution in [0.4, 0.5) is 5.69 Å². The summed E-state index contributed by atoms with van der Waals surface area (Å²) in [5.74, 6) is 1.00. The molecule has 0 saturated heterocycles. The maximum Gasteiger partial charge on any atom is 0.259 e. The van der Waals surface area contributed by atoms with Gasteiger partial charge in [-0.15, -0.1) is 0 Å². The summed E-state index contributed by atoms with van der Waals surface area (Å²) in [5.41, 5.74) is 2.33. The first-order valence-corrected chi connectivity index (χ1v) is 7.51. The fraction of sp³-hybridized carbons (Fsp3) is 0.222. The molecule has 2 aromatic heterocycles. The van der Waals surface area contributed by atoms with Crippen LogP contribution in [0.25, 0.3) is 10.9 Å². The lowest BCUT2D eigenvalue weighted by atomic mass is 10.1. The number of aromatic nitrogens is 1. The number of aromatic amines is 1. The second-order valence-corrected chi connectivity index (χ2v) is 5.63. The Balaban J connectivity index is 1.95. The van der Waals surface area contributed by atoms with Crippen molar-refractivity contribution in [2.75, 3.05) is 12.4 Å². The molecule has 2 N–H and O–H groups in total. The zero-order chi connectivity index (χ0) is 17.3. The van der Waals surface area contributed by atoms with Crippen LogP contribution >= 0.6 is 0 Å². The standard InChI is InChI=1S/C18H18N2O4/c1-10-6-15(11(2)24-10)18(22)19-13-4-5-14-12(9-23-3)7-17(21)20-16(14)8-13/h4-8H,9H2,1-3H3,(H,19,22)(H,20,21).